The molecule has 0 unspecified atom stereocenters. The molecule has 0 amide bonds. The van der Waals surface area contributed by atoms with E-state index in [0.29, 0.717) is 12.3 Å². The molecule has 0 saturated carbocycles. The summed E-state index contributed by atoms with van der Waals surface area (Å²) in [5.41, 5.74) is 2.50. The van der Waals surface area contributed by atoms with Crippen molar-refractivity contribution in [1.29, 1.82) is 0 Å². The molecule has 0 aliphatic rings. The Morgan fingerprint density at radius 3 is 2.50 bits per heavy atom. The Kier molecular flexibility index (Phi) is 4.47. The van der Waals surface area contributed by atoms with E-state index in [-0.39, 0.29) is 0 Å². The van der Waals surface area contributed by atoms with Crippen LogP contribution in [0, 0.1) is 0 Å². The number of benzene rings is 2. The van der Waals surface area contributed by atoms with Gasteiger partial charge in [0.05, 0.1) is 5.69 Å². The van der Waals surface area contributed by atoms with Crippen molar-refractivity contribution >= 4 is 0 Å². The normalized spacial score (nSPS) is 11.9. The van der Waals surface area contributed by atoms with Crippen LogP contribution in [-0.4, -0.2) is 10.1 Å². The molecular formula is C19H17NO2. The van der Waals surface area contributed by atoms with Crippen molar-refractivity contribution in [1.82, 2.24) is 4.98 Å². The van der Waals surface area contributed by atoms with Gasteiger partial charge in [0.2, 0.25) is 0 Å². The van der Waals surface area contributed by atoms with Crippen LogP contribution < -0.4 is 4.74 Å². The fourth-order valence-corrected chi connectivity index (χ4v) is 2.22. The maximum absolute atomic E-state index is 10.4. The minimum Gasteiger partial charge on any atom is -0.489 e. The molecule has 0 spiro atoms. The number of ether oxygens (including phenoxy) is 1. The molecule has 1 N–H and O–H groups in total. The predicted molar refractivity (Wildman–Crippen MR) is 85.5 cm³/mol. The summed E-state index contributed by atoms with van der Waals surface area (Å²) in [7, 11) is 0. The van der Waals surface area contributed by atoms with Gasteiger partial charge in [-0.25, -0.2) is 0 Å². The maximum atomic E-state index is 10.4. The van der Waals surface area contributed by atoms with Crippen LogP contribution in [-0.2, 0) is 6.61 Å². The second-order valence-corrected chi connectivity index (χ2v) is 5.00. The molecule has 3 heteroatoms. The number of aromatic nitrogens is 1. The average Bonchev–Trinajstić information content (AvgIpc) is 2.61. The number of nitrogens with zero attached hydrogens (tertiary/aromatic N) is 1. The molecule has 1 aromatic heterocycles. The summed E-state index contributed by atoms with van der Waals surface area (Å²) in [6.07, 6.45) is 0.926. The maximum Gasteiger partial charge on any atom is 0.121 e. The highest BCUT2D eigenvalue weighted by atomic mass is 16.5. The van der Waals surface area contributed by atoms with Crippen molar-refractivity contribution in [3.63, 3.8) is 0 Å². The molecular weight excluding hydrogens is 274 g/mol. The third kappa shape index (κ3) is 3.51. The summed E-state index contributed by atoms with van der Waals surface area (Å²) in [4.78, 5) is 4.19. The molecule has 0 radical (unpaired) electrons. The fourth-order valence-electron chi connectivity index (χ4n) is 2.22. The largest absolute Gasteiger partial charge is 0.489 e. The van der Waals surface area contributed by atoms with E-state index in [4.69, 9.17) is 4.74 Å². The Hall–Kier alpha value is -2.65. The minimum atomic E-state index is -0.749. The van der Waals surface area contributed by atoms with E-state index in [1.54, 1.807) is 6.20 Å². The third-order valence-electron chi connectivity index (χ3n) is 3.39. The predicted octanol–water partition coefficient (Wildman–Crippen LogP) is 3.74. The van der Waals surface area contributed by atoms with Crippen molar-refractivity contribution in [3.8, 4) is 5.75 Å². The SMILES string of the molecule is O[C@@H](c1cccc(OCc2ccccc2)c1)c1ccccn1. The van der Waals surface area contributed by atoms with Gasteiger partial charge in [-0.2, -0.15) is 0 Å². The van der Waals surface area contributed by atoms with Crippen LogP contribution in [0.3, 0.4) is 0 Å². The van der Waals surface area contributed by atoms with Gasteiger partial charge < -0.3 is 9.84 Å². The number of aliphatic hydroxyl groups excluding tert-OH is 1. The van der Waals surface area contributed by atoms with E-state index in [0.717, 1.165) is 16.9 Å². The summed E-state index contributed by atoms with van der Waals surface area (Å²) < 4.78 is 5.79. The number of hydrogen-bond acceptors (Lipinski definition) is 3. The van der Waals surface area contributed by atoms with Gasteiger partial charge in [0.15, 0.2) is 0 Å². The lowest BCUT2D eigenvalue weighted by molar-refractivity contribution is 0.214. The molecule has 0 saturated heterocycles. The lowest BCUT2D eigenvalue weighted by Crippen LogP contribution is -2.02. The highest BCUT2D eigenvalue weighted by molar-refractivity contribution is 5.33. The van der Waals surface area contributed by atoms with Gasteiger partial charge in [0.25, 0.3) is 0 Å². The van der Waals surface area contributed by atoms with Crippen molar-refractivity contribution < 1.29 is 9.84 Å². The van der Waals surface area contributed by atoms with Gasteiger partial charge in [-0.1, -0.05) is 48.5 Å². The lowest BCUT2D eigenvalue weighted by Gasteiger charge is -2.12. The minimum absolute atomic E-state index is 0.504. The lowest BCUT2D eigenvalue weighted by atomic mass is 10.1. The highest BCUT2D eigenvalue weighted by Gasteiger charge is 2.12. The molecule has 0 fully saturated rings. The first kappa shape index (κ1) is 14.3. The summed E-state index contributed by atoms with van der Waals surface area (Å²) in [6.45, 7) is 0.504. The molecule has 3 nitrogen and oxygen atoms in total. The van der Waals surface area contributed by atoms with Crippen LogP contribution in [0.4, 0.5) is 0 Å². The van der Waals surface area contributed by atoms with Gasteiger partial charge in [-0.3, -0.25) is 4.98 Å². The van der Waals surface area contributed by atoms with Crippen molar-refractivity contribution in [3.05, 3.63) is 95.8 Å². The molecule has 110 valence electrons. The molecule has 0 aliphatic heterocycles. The zero-order chi connectivity index (χ0) is 15.2. The first-order chi connectivity index (χ1) is 10.8. The summed E-state index contributed by atoms with van der Waals surface area (Å²) in [5.74, 6) is 0.733. The second-order valence-electron chi connectivity index (χ2n) is 5.00. The quantitative estimate of drug-likeness (QED) is 0.778. The van der Waals surface area contributed by atoms with Crippen LogP contribution >= 0.6 is 0 Å². The monoisotopic (exact) mass is 291 g/mol. The van der Waals surface area contributed by atoms with E-state index in [9.17, 15) is 5.11 Å². The molecule has 0 aliphatic carbocycles. The Morgan fingerprint density at radius 1 is 0.909 bits per heavy atom. The number of aliphatic hydroxyl groups is 1. The van der Waals surface area contributed by atoms with Crippen molar-refractivity contribution in [2.24, 2.45) is 0 Å². The molecule has 1 heterocycles. The standard InChI is InChI=1S/C19H17NO2/c21-19(18-11-4-5-12-20-18)16-9-6-10-17(13-16)22-14-15-7-2-1-3-8-15/h1-13,19,21H,14H2/t19-/m0/s1. The van der Waals surface area contributed by atoms with Crippen molar-refractivity contribution in [2.45, 2.75) is 12.7 Å². The van der Waals surface area contributed by atoms with Crippen LogP contribution in [0.5, 0.6) is 5.75 Å². The van der Waals surface area contributed by atoms with Crippen LogP contribution in [0.15, 0.2) is 79.0 Å². The molecule has 22 heavy (non-hydrogen) atoms. The second kappa shape index (κ2) is 6.87. The van der Waals surface area contributed by atoms with Gasteiger partial charge in [-0.05, 0) is 35.4 Å². The molecule has 3 aromatic rings. The first-order valence-electron chi connectivity index (χ1n) is 7.18. The number of hydrogen-bond donors (Lipinski definition) is 1. The zero-order valence-electron chi connectivity index (χ0n) is 12.1. The van der Waals surface area contributed by atoms with Gasteiger partial charge >= 0.3 is 0 Å². The number of pyridine rings is 1. The van der Waals surface area contributed by atoms with Crippen LogP contribution in [0.2, 0.25) is 0 Å². The molecule has 0 bridgehead atoms. The van der Waals surface area contributed by atoms with E-state index < -0.39 is 6.10 Å². The van der Waals surface area contributed by atoms with E-state index >= 15 is 0 Å². The summed E-state index contributed by atoms with van der Waals surface area (Å²) in [6, 6.07) is 23.0. The van der Waals surface area contributed by atoms with Crippen LogP contribution in [0.25, 0.3) is 0 Å². The smallest absolute Gasteiger partial charge is 0.121 e. The highest BCUT2D eigenvalue weighted by Crippen LogP contribution is 2.24. The molecule has 2 aromatic carbocycles. The van der Waals surface area contributed by atoms with Gasteiger partial charge in [-0.15, -0.1) is 0 Å². The van der Waals surface area contributed by atoms with E-state index in [1.807, 2.05) is 72.8 Å². The first-order valence-corrected chi connectivity index (χ1v) is 7.18. The number of rotatable bonds is 5. The Balaban J connectivity index is 1.72. The molecule has 1 atom stereocenters. The van der Waals surface area contributed by atoms with Gasteiger partial charge in [0.1, 0.15) is 18.5 Å². The zero-order valence-corrected chi connectivity index (χ0v) is 12.1. The van der Waals surface area contributed by atoms with Gasteiger partial charge in [0, 0.05) is 6.20 Å². The third-order valence-corrected chi connectivity index (χ3v) is 3.39. The average molecular weight is 291 g/mol. The molecule has 3 rings (SSSR count). The Morgan fingerprint density at radius 2 is 1.73 bits per heavy atom. The Labute approximate surface area is 129 Å². The van der Waals surface area contributed by atoms with E-state index in [1.165, 1.54) is 0 Å². The van der Waals surface area contributed by atoms with Crippen molar-refractivity contribution in [2.75, 3.05) is 0 Å². The van der Waals surface area contributed by atoms with E-state index in [2.05, 4.69) is 4.98 Å². The Bertz CT molecular complexity index is 714. The summed E-state index contributed by atoms with van der Waals surface area (Å²) in [5, 5.41) is 10.4. The van der Waals surface area contributed by atoms with Crippen LogP contribution in [0.1, 0.15) is 22.9 Å². The summed E-state index contributed by atoms with van der Waals surface area (Å²) >= 11 is 0. The fraction of sp³-hybridized carbons (Fsp3) is 0.105. The topological polar surface area (TPSA) is 42.4 Å².